The third-order valence-corrected chi connectivity index (χ3v) is 5.39. The highest BCUT2D eigenvalue weighted by molar-refractivity contribution is 5.99. The second-order valence-corrected chi connectivity index (χ2v) is 6.78. The van der Waals surface area contributed by atoms with Crippen LogP contribution in [0.15, 0.2) is 41.2 Å². The molecule has 0 bridgehead atoms. The Morgan fingerprint density at radius 3 is 2.71 bits per heavy atom. The van der Waals surface area contributed by atoms with Crippen LogP contribution < -0.4 is 0 Å². The van der Waals surface area contributed by atoms with Gasteiger partial charge in [0.1, 0.15) is 0 Å². The summed E-state index contributed by atoms with van der Waals surface area (Å²) in [6, 6.07) is 8.05. The minimum Gasteiger partial charge on any atom is -0.472 e. The van der Waals surface area contributed by atoms with Gasteiger partial charge in [-0.2, -0.15) is 0 Å². The van der Waals surface area contributed by atoms with Crippen molar-refractivity contribution in [3.05, 3.63) is 59.0 Å². The fraction of sp³-hybridized carbons (Fsp3) is 0.381. The van der Waals surface area contributed by atoms with Gasteiger partial charge in [0.25, 0.3) is 0 Å². The van der Waals surface area contributed by atoms with Crippen LogP contribution >= 0.6 is 0 Å². The zero-order valence-corrected chi connectivity index (χ0v) is 14.0. The van der Waals surface area contributed by atoms with Crippen LogP contribution in [0.2, 0.25) is 0 Å². The highest BCUT2D eigenvalue weighted by Crippen LogP contribution is 2.47. The summed E-state index contributed by atoms with van der Waals surface area (Å²) >= 11 is 0. The summed E-state index contributed by atoms with van der Waals surface area (Å²) in [6.07, 6.45) is 10.9. The molecule has 2 aliphatic rings. The van der Waals surface area contributed by atoms with Gasteiger partial charge in [-0.25, -0.2) is 4.79 Å². The van der Waals surface area contributed by atoms with Crippen molar-refractivity contribution in [3.63, 3.8) is 0 Å². The van der Waals surface area contributed by atoms with Crippen molar-refractivity contribution in [3.8, 4) is 0 Å². The molecule has 1 aromatic carbocycles. The average molecular weight is 322 g/mol. The minimum atomic E-state index is -0.270. The standard InChI is InChI=1S/C21H22O3/c1-23-21(22)15-7-8-18-17(11-15)12-19(16-9-10-24-13-16)20(18)14-5-3-2-4-6-14/h7-11,13-14H,2-6,12H2,1H3. The maximum absolute atomic E-state index is 11.9. The van der Waals surface area contributed by atoms with E-state index >= 15 is 0 Å². The van der Waals surface area contributed by atoms with E-state index in [1.54, 1.807) is 6.26 Å². The molecule has 3 nitrogen and oxygen atoms in total. The van der Waals surface area contributed by atoms with Crippen molar-refractivity contribution >= 4 is 17.1 Å². The first kappa shape index (κ1) is 15.3. The van der Waals surface area contributed by atoms with E-state index in [-0.39, 0.29) is 5.97 Å². The van der Waals surface area contributed by atoms with Gasteiger partial charge in [-0.15, -0.1) is 0 Å². The average Bonchev–Trinajstić information content (AvgIpc) is 3.28. The summed E-state index contributed by atoms with van der Waals surface area (Å²) in [5.74, 6) is 0.350. The lowest BCUT2D eigenvalue weighted by atomic mass is 9.80. The minimum absolute atomic E-state index is 0.270. The maximum atomic E-state index is 11.9. The van der Waals surface area contributed by atoms with Gasteiger partial charge in [0, 0.05) is 5.56 Å². The Morgan fingerprint density at radius 1 is 1.17 bits per heavy atom. The van der Waals surface area contributed by atoms with Gasteiger partial charge in [-0.3, -0.25) is 0 Å². The summed E-state index contributed by atoms with van der Waals surface area (Å²) in [6.45, 7) is 0. The second kappa shape index (κ2) is 6.31. The fourth-order valence-corrected chi connectivity index (χ4v) is 4.25. The Labute approximate surface area is 142 Å². The molecule has 0 radical (unpaired) electrons. The molecule has 4 rings (SSSR count). The molecule has 1 saturated carbocycles. The number of carbonyl (C=O) groups excluding carboxylic acids is 1. The lowest BCUT2D eigenvalue weighted by Gasteiger charge is -2.25. The Kier molecular flexibility index (Phi) is 4.01. The molecule has 124 valence electrons. The van der Waals surface area contributed by atoms with Crippen molar-refractivity contribution in [1.82, 2.24) is 0 Å². The molecule has 0 saturated heterocycles. The molecule has 1 aromatic heterocycles. The van der Waals surface area contributed by atoms with Crippen LogP contribution in [0.1, 0.15) is 59.2 Å². The number of benzene rings is 1. The van der Waals surface area contributed by atoms with E-state index in [1.807, 2.05) is 24.5 Å². The first-order valence-corrected chi connectivity index (χ1v) is 8.75. The molecule has 1 heterocycles. The zero-order chi connectivity index (χ0) is 16.5. The Hall–Kier alpha value is -2.29. The Morgan fingerprint density at radius 2 is 2.00 bits per heavy atom. The van der Waals surface area contributed by atoms with E-state index in [4.69, 9.17) is 9.15 Å². The van der Waals surface area contributed by atoms with Gasteiger partial charge in [0.15, 0.2) is 0 Å². The van der Waals surface area contributed by atoms with E-state index < -0.39 is 0 Å². The van der Waals surface area contributed by atoms with E-state index in [0.717, 1.165) is 6.42 Å². The topological polar surface area (TPSA) is 39.4 Å². The first-order chi connectivity index (χ1) is 11.8. The van der Waals surface area contributed by atoms with E-state index in [9.17, 15) is 4.79 Å². The van der Waals surface area contributed by atoms with Crippen molar-refractivity contribution in [2.24, 2.45) is 5.92 Å². The third kappa shape index (κ3) is 2.58. The number of hydrogen-bond acceptors (Lipinski definition) is 3. The second-order valence-electron chi connectivity index (χ2n) is 6.78. The van der Waals surface area contributed by atoms with Crippen LogP contribution in [-0.2, 0) is 11.2 Å². The normalized spacial score (nSPS) is 17.9. The van der Waals surface area contributed by atoms with Gasteiger partial charge >= 0.3 is 5.97 Å². The molecule has 0 aliphatic heterocycles. The predicted octanol–water partition coefficient (Wildman–Crippen LogP) is 5.11. The monoisotopic (exact) mass is 322 g/mol. The first-order valence-electron chi connectivity index (χ1n) is 8.75. The van der Waals surface area contributed by atoms with Crippen LogP contribution in [0.4, 0.5) is 0 Å². The molecular formula is C21H22O3. The van der Waals surface area contributed by atoms with Crippen LogP contribution in [0.3, 0.4) is 0 Å². The molecule has 2 aliphatic carbocycles. The summed E-state index contributed by atoms with van der Waals surface area (Å²) < 4.78 is 10.2. The van der Waals surface area contributed by atoms with Gasteiger partial charge in [0.2, 0.25) is 0 Å². The predicted molar refractivity (Wildman–Crippen MR) is 93.6 cm³/mol. The number of fused-ring (bicyclic) bond motifs is 1. The maximum Gasteiger partial charge on any atom is 0.337 e. The molecule has 3 heteroatoms. The van der Waals surface area contributed by atoms with Crippen molar-refractivity contribution in [1.29, 1.82) is 0 Å². The summed E-state index contributed by atoms with van der Waals surface area (Å²) in [4.78, 5) is 11.9. The summed E-state index contributed by atoms with van der Waals surface area (Å²) in [5, 5.41) is 0. The lowest BCUT2D eigenvalue weighted by molar-refractivity contribution is 0.0600. The van der Waals surface area contributed by atoms with Gasteiger partial charge in [-0.1, -0.05) is 25.3 Å². The molecular weight excluding hydrogens is 300 g/mol. The molecule has 0 N–H and O–H groups in total. The zero-order valence-electron chi connectivity index (χ0n) is 14.0. The van der Waals surface area contributed by atoms with Gasteiger partial charge in [-0.05, 0) is 65.7 Å². The van der Waals surface area contributed by atoms with Crippen LogP contribution in [0, 0.1) is 5.92 Å². The number of methoxy groups -OCH3 is 1. The van der Waals surface area contributed by atoms with Crippen molar-refractivity contribution in [2.75, 3.05) is 7.11 Å². The number of hydrogen-bond donors (Lipinski definition) is 0. The highest BCUT2D eigenvalue weighted by atomic mass is 16.5. The summed E-state index contributed by atoms with van der Waals surface area (Å²) in [5.41, 5.74) is 7.19. The highest BCUT2D eigenvalue weighted by Gasteiger charge is 2.30. The van der Waals surface area contributed by atoms with E-state index in [0.29, 0.717) is 11.5 Å². The quantitative estimate of drug-likeness (QED) is 0.737. The Bertz CT molecular complexity index is 777. The van der Waals surface area contributed by atoms with E-state index in [2.05, 4.69) is 6.07 Å². The third-order valence-electron chi connectivity index (χ3n) is 5.39. The molecule has 1 fully saturated rings. The molecule has 0 atom stereocenters. The number of ether oxygens (including phenoxy) is 1. The number of allylic oxidation sites excluding steroid dienone is 2. The molecule has 0 unspecified atom stereocenters. The largest absolute Gasteiger partial charge is 0.472 e. The molecule has 0 spiro atoms. The van der Waals surface area contributed by atoms with Crippen molar-refractivity contribution < 1.29 is 13.9 Å². The number of rotatable bonds is 3. The number of esters is 1. The SMILES string of the molecule is COC(=O)c1ccc2c(c1)CC(c1ccoc1)=C2C1CCCCC1. The Balaban J connectivity index is 1.78. The fourth-order valence-electron chi connectivity index (χ4n) is 4.25. The summed E-state index contributed by atoms with van der Waals surface area (Å²) in [7, 11) is 1.43. The van der Waals surface area contributed by atoms with Gasteiger partial charge in [0.05, 0.1) is 25.2 Å². The number of carbonyl (C=O) groups is 1. The lowest BCUT2D eigenvalue weighted by Crippen LogP contribution is -2.09. The van der Waals surface area contributed by atoms with E-state index in [1.165, 1.54) is 67.1 Å². The van der Waals surface area contributed by atoms with Crippen molar-refractivity contribution in [2.45, 2.75) is 38.5 Å². The van der Waals surface area contributed by atoms with Gasteiger partial charge < -0.3 is 9.15 Å². The molecule has 0 amide bonds. The van der Waals surface area contributed by atoms with Crippen LogP contribution in [-0.4, -0.2) is 13.1 Å². The smallest absolute Gasteiger partial charge is 0.337 e. The number of furan rings is 1. The van der Waals surface area contributed by atoms with Crippen LogP contribution in [0.25, 0.3) is 11.1 Å². The molecule has 2 aromatic rings. The molecule has 24 heavy (non-hydrogen) atoms. The van der Waals surface area contributed by atoms with Crippen LogP contribution in [0.5, 0.6) is 0 Å².